The van der Waals surface area contributed by atoms with Crippen LogP contribution in [0.15, 0.2) is 24.3 Å². The van der Waals surface area contributed by atoms with E-state index in [0.29, 0.717) is 18.7 Å². The van der Waals surface area contributed by atoms with Crippen LogP contribution in [0.1, 0.15) is 39.2 Å². The van der Waals surface area contributed by atoms with Crippen molar-refractivity contribution in [2.75, 3.05) is 12.3 Å². The minimum Gasteiger partial charge on any atom is -0.399 e. The molecule has 1 amide bonds. The molecular weight excluding hydrogens is 240 g/mol. The molecule has 1 rings (SSSR count). The molecular formula is C15H24N2O2. The van der Waals surface area contributed by atoms with Gasteiger partial charge in [-0.2, -0.15) is 0 Å². The lowest BCUT2D eigenvalue weighted by Crippen LogP contribution is -2.43. The van der Waals surface area contributed by atoms with Gasteiger partial charge in [-0.15, -0.1) is 0 Å². The highest BCUT2D eigenvalue weighted by Crippen LogP contribution is 2.24. The zero-order valence-corrected chi connectivity index (χ0v) is 11.9. The van der Waals surface area contributed by atoms with Crippen LogP contribution < -0.4 is 11.1 Å². The predicted molar refractivity (Wildman–Crippen MR) is 77.8 cm³/mol. The Hall–Kier alpha value is -1.55. The first-order chi connectivity index (χ1) is 8.87. The van der Waals surface area contributed by atoms with E-state index in [1.165, 1.54) is 0 Å². The first-order valence-electron chi connectivity index (χ1n) is 6.70. The van der Waals surface area contributed by atoms with Crippen LogP contribution in [0.2, 0.25) is 0 Å². The van der Waals surface area contributed by atoms with Crippen LogP contribution in [0.3, 0.4) is 0 Å². The normalized spacial score (nSPS) is 13.1. The van der Waals surface area contributed by atoms with E-state index in [1.807, 2.05) is 32.9 Å². The van der Waals surface area contributed by atoms with Crippen molar-refractivity contribution in [3.63, 3.8) is 0 Å². The first kappa shape index (κ1) is 15.5. The molecule has 0 radical (unpaired) electrons. The smallest absolute Gasteiger partial charge is 0.230 e. The van der Waals surface area contributed by atoms with Gasteiger partial charge < -0.3 is 16.2 Å². The molecule has 19 heavy (non-hydrogen) atoms. The Morgan fingerprint density at radius 2 is 1.95 bits per heavy atom. The maximum absolute atomic E-state index is 12.2. The average molecular weight is 264 g/mol. The number of hydrogen-bond donors (Lipinski definition) is 3. The average Bonchev–Trinajstić information content (AvgIpc) is 2.36. The van der Waals surface area contributed by atoms with E-state index in [4.69, 9.17) is 5.73 Å². The highest BCUT2D eigenvalue weighted by atomic mass is 16.3. The maximum atomic E-state index is 12.2. The quantitative estimate of drug-likeness (QED) is 0.686. The summed E-state index contributed by atoms with van der Waals surface area (Å²) < 4.78 is 0. The second-order valence-electron chi connectivity index (χ2n) is 5.40. The van der Waals surface area contributed by atoms with Crippen molar-refractivity contribution in [3.05, 3.63) is 29.8 Å². The number of carbonyl (C=O) groups is 1. The van der Waals surface area contributed by atoms with Gasteiger partial charge in [0.05, 0.1) is 11.5 Å². The van der Waals surface area contributed by atoms with Gasteiger partial charge in [0, 0.05) is 12.2 Å². The van der Waals surface area contributed by atoms with Crippen molar-refractivity contribution in [3.8, 4) is 0 Å². The third-order valence-corrected chi connectivity index (χ3v) is 3.32. The Morgan fingerprint density at radius 3 is 2.47 bits per heavy atom. The largest absolute Gasteiger partial charge is 0.399 e. The summed E-state index contributed by atoms with van der Waals surface area (Å²) in [7, 11) is 0. The molecule has 4 N–H and O–H groups in total. The third-order valence-electron chi connectivity index (χ3n) is 3.32. The Labute approximate surface area is 115 Å². The van der Waals surface area contributed by atoms with Gasteiger partial charge in [0.25, 0.3) is 0 Å². The first-order valence-corrected chi connectivity index (χ1v) is 6.70. The highest BCUT2D eigenvalue weighted by molar-refractivity contribution is 5.87. The number of rotatable bonds is 6. The van der Waals surface area contributed by atoms with E-state index in [-0.39, 0.29) is 5.91 Å². The summed E-state index contributed by atoms with van der Waals surface area (Å²) in [5, 5.41) is 12.4. The fourth-order valence-electron chi connectivity index (χ4n) is 1.90. The van der Waals surface area contributed by atoms with Crippen LogP contribution in [-0.4, -0.2) is 23.7 Å². The lowest BCUT2D eigenvalue weighted by molar-refractivity contribution is -0.126. The van der Waals surface area contributed by atoms with E-state index in [1.54, 1.807) is 12.1 Å². The van der Waals surface area contributed by atoms with Gasteiger partial charge >= 0.3 is 0 Å². The molecule has 0 saturated heterocycles. The molecule has 0 fully saturated rings. The summed E-state index contributed by atoms with van der Waals surface area (Å²) in [4.78, 5) is 12.2. The second kappa shape index (κ2) is 6.57. The molecule has 1 aromatic carbocycles. The van der Waals surface area contributed by atoms with Crippen molar-refractivity contribution in [2.24, 2.45) is 0 Å². The van der Waals surface area contributed by atoms with E-state index < -0.39 is 11.5 Å². The van der Waals surface area contributed by atoms with Crippen LogP contribution >= 0.6 is 0 Å². The molecule has 1 atom stereocenters. The summed E-state index contributed by atoms with van der Waals surface area (Å²) >= 11 is 0. The number of benzene rings is 1. The summed E-state index contributed by atoms with van der Waals surface area (Å²) in [6.45, 7) is 6.02. The van der Waals surface area contributed by atoms with Gasteiger partial charge in [-0.3, -0.25) is 4.79 Å². The highest BCUT2D eigenvalue weighted by Gasteiger charge is 2.29. The van der Waals surface area contributed by atoms with Crippen LogP contribution in [0.4, 0.5) is 5.69 Å². The van der Waals surface area contributed by atoms with Crippen molar-refractivity contribution in [1.82, 2.24) is 5.32 Å². The Balaban J connectivity index is 2.66. The molecule has 0 aromatic heterocycles. The van der Waals surface area contributed by atoms with E-state index in [2.05, 4.69) is 5.32 Å². The lowest BCUT2D eigenvalue weighted by Gasteiger charge is -2.25. The second-order valence-corrected chi connectivity index (χ2v) is 5.40. The van der Waals surface area contributed by atoms with Crippen molar-refractivity contribution in [2.45, 2.75) is 45.1 Å². The lowest BCUT2D eigenvalue weighted by atomic mass is 9.83. The molecule has 0 aliphatic heterocycles. The van der Waals surface area contributed by atoms with Gasteiger partial charge in [-0.25, -0.2) is 0 Å². The molecule has 0 saturated carbocycles. The van der Waals surface area contributed by atoms with Gasteiger partial charge in [-0.1, -0.05) is 25.5 Å². The number of hydrogen-bond acceptors (Lipinski definition) is 3. The maximum Gasteiger partial charge on any atom is 0.230 e. The molecule has 0 aliphatic carbocycles. The SMILES string of the molecule is CCCC(O)CNC(=O)C(C)(C)c1ccc(N)cc1. The van der Waals surface area contributed by atoms with Gasteiger partial charge in [0.1, 0.15) is 0 Å². The van der Waals surface area contributed by atoms with Gasteiger partial charge in [0.15, 0.2) is 0 Å². The van der Waals surface area contributed by atoms with Crippen molar-refractivity contribution < 1.29 is 9.90 Å². The number of nitrogens with one attached hydrogen (secondary N) is 1. The number of aliphatic hydroxyl groups is 1. The molecule has 0 spiro atoms. The minimum atomic E-state index is -0.639. The van der Waals surface area contributed by atoms with Crippen LogP contribution in [0.25, 0.3) is 0 Å². The van der Waals surface area contributed by atoms with E-state index in [0.717, 1.165) is 12.0 Å². The number of carbonyl (C=O) groups excluding carboxylic acids is 1. The zero-order valence-electron chi connectivity index (χ0n) is 11.9. The van der Waals surface area contributed by atoms with Crippen LogP contribution in [0, 0.1) is 0 Å². The topological polar surface area (TPSA) is 75.3 Å². The van der Waals surface area contributed by atoms with E-state index >= 15 is 0 Å². The van der Waals surface area contributed by atoms with Crippen molar-refractivity contribution in [1.29, 1.82) is 0 Å². The summed E-state index contributed by atoms with van der Waals surface area (Å²) in [6.07, 6.45) is 1.12. The predicted octanol–water partition coefficient (Wildman–Crippen LogP) is 1.82. The minimum absolute atomic E-state index is 0.0903. The molecule has 0 aliphatic rings. The number of nitrogens with two attached hydrogens (primary N) is 1. The molecule has 4 nitrogen and oxygen atoms in total. The fraction of sp³-hybridized carbons (Fsp3) is 0.533. The Morgan fingerprint density at radius 1 is 1.37 bits per heavy atom. The summed E-state index contributed by atoms with van der Waals surface area (Å²) in [5.74, 6) is -0.0903. The third kappa shape index (κ3) is 4.24. The number of anilines is 1. The monoisotopic (exact) mass is 264 g/mol. The number of aliphatic hydroxyl groups excluding tert-OH is 1. The number of nitrogen functional groups attached to an aromatic ring is 1. The zero-order chi connectivity index (χ0) is 14.5. The number of amides is 1. The van der Waals surface area contributed by atoms with Crippen LogP contribution in [-0.2, 0) is 10.2 Å². The van der Waals surface area contributed by atoms with E-state index in [9.17, 15) is 9.90 Å². The molecule has 106 valence electrons. The van der Waals surface area contributed by atoms with Gasteiger partial charge in [0.2, 0.25) is 5.91 Å². The summed E-state index contributed by atoms with van der Waals surface area (Å²) in [6, 6.07) is 7.29. The molecule has 0 bridgehead atoms. The van der Waals surface area contributed by atoms with Gasteiger partial charge in [-0.05, 0) is 38.0 Å². The summed E-state index contributed by atoms with van der Waals surface area (Å²) in [5.41, 5.74) is 6.59. The standard InChI is InChI=1S/C15H24N2O2/c1-4-5-13(18)10-17-14(19)15(2,3)11-6-8-12(16)9-7-11/h6-9,13,18H,4-5,10,16H2,1-3H3,(H,17,19). The molecule has 1 unspecified atom stereocenters. The Bertz CT molecular complexity index is 413. The van der Waals surface area contributed by atoms with Crippen molar-refractivity contribution >= 4 is 11.6 Å². The Kier molecular flexibility index (Phi) is 5.36. The molecule has 0 heterocycles. The van der Waals surface area contributed by atoms with Crippen LogP contribution in [0.5, 0.6) is 0 Å². The molecule has 4 heteroatoms. The molecule has 1 aromatic rings. The fourth-order valence-corrected chi connectivity index (χ4v) is 1.90.